The zero-order valence-corrected chi connectivity index (χ0v) is 18.8. The van der Waals surface area contributed by atoms with E-state index >= 15 is 0 Å². The predicted molar refractivity (Wildman–Crippen MR) is 140 cm³/mol. The Morgan fingerprint density at radius 3 is 2.12 bits per heavy atom. The van der Waals surface area contributed by atoms with Crippen molar-refractivity contribution in [2.45, 2.75) is 6.54 Å². The molecule has 6 aromatic rings. The molecule has 0 radical (unpaired) electrons. The Kier molecular flexibility index (Phi) is 5.10. The van der Waals surface area contributed by atoms with Crippen molar-refractivity contribution >= 4 is 21.7 Å². The SMILES string of the molecule is [NH3+]Cc1ccc(-c2nc3ccnc(-c4ccc5ccccc5c4)c3cc2-c2ccccc2)cc1. The minimum absolute atomic E-state index is 0.776. The van der Waals surface area contributed by atoms with E-state index in [0.29, 0.717) is 0 Å². The molecule has 0 unspecified atom stereocenters. The molecule has 0 fully saturated rings. The third-order valence-corrected chi connectivity index (χ3v) is 6.37. The van der Waals surface area contributed by atoms with E-state index in [2.05, 4.69) is 103 Å². The number of benzene rings is 4. The Bertz CT molecular complexity index is 1620. The molecule has 2 heterocycles. The van der Waals surface area contributed by atoms with Gasteiger partial charge in [0.25, 0.3) is 0 Å². The Morgan fingerprint density at radius 1 is 0.588 bits per heavy atom. The normalized spacial score (nSPS) is 11.2. The number of aromatic nitrogens is 2. The highest BCUT2D eigenvalue weighted by molar-refractivity contribution is 6.00. The van der Waals surface area contributed by atoms with Gasteiger partial charge >= 0.3 is 0 Å². The molecule has 3 nitrogen and oxygen atoms in total. The van der Waals surface area contributed by atoms with E-state index in [-0.39, 0.29) is 0 Å². The summed E-state index contributed by atoms with van der Waals surface area (Å²) in [5, 5.41) is 3.48. The lowest BCUT2D eigenvalue weighted by atomic mass is 9.95. The largest absolute Gasteiger partial charge is 0.354 e. The molecule has 34 heavy (non-hydrogen) atoms. The smallest absolute Gasteiger partial charge is 0.0997 e. The first-order valence-electron chi connectivity index (χ1n) is 11.5. The highest BCUT2D eigenvalue weighted by atomic mass is 14.7. The number of nitrogens with zero attached hydrogens (tertiary/aromatic N) is 2. The average molecular weight is 439 g/mol. The van der Waals surface area contributed by atoms with E-state index in [0.717, 1.165) is 51.1 Å². The molecular weight excluding hydrogens is 414 g/mol. The average Bonchev–Trinajstić information content (AvgIpc) is 2.92. The molecule has 2 aromatic heterocycles. The maximum Gasteiger partial charge on any atom is 0.0997 e. The Labute approximate surface area is 198 Å². The highest BCUT2D eigenvalue weighted by Gasteiger charge is 2.15. The summed E-state index contributed by atoms with van der Waals surface area (Å²) < 4.78 is 0. The zero-order valence-electron chi connectivity index (χ0n) is 18.8. The third kappa shape index (κ3) is 3.62. The number of quaternary nitrogens is 1. The van der Waals surface area contributed by atoms with Crippen molar-refractivity contribution in [1.82, 2.24) is 9.97 Å². The fourth-order valence-electron chi connectivity index (χ4n) is 4.55. The van der Waals surface area contributed by atoms with E-state index in [9.17, 15) is 0 Å². The molecule has 3 N–H and O–H groups in total. The monoisotopic (exact) mass is 438 g/mol. The van der Waals surface area contributed by atoms with Crippen LogP contribution in [0, 0.1) is 0 Å². The number of pyridine rings is 2. The van der Waals surface area contributed by atoms with Crippen LogP contribution in [0.2, 0.25) is 0 Å². The van der Waals surface area contributed by atoms with E-state index in [4.69, 9.17) is 9.97 Å². The van der Waals surface area contributed by atoms with Gasteiger partial charge in [0.2, 0.25) is 0 Å². The molecule has 0 aliphatic heterocycles. The molecule has 4 aromatic carbocycles. The molecule has 3 heteroatoms. The van der Waals surface area contributed by atoms with E-state index in [1.54, 1.807) is 0 Å². The first-order valence-corrected chi connectivity index (χ1v) is 11.5. The minimum atomic E-state index is 0.776. The van der Waals surface area contributed by atoms with Crippen molar-refractivity contribution in [2.24, 2.45) is 0 Å². The second-order valence-electron chi connectivity index (χ2n) is 8.49. The number of rotatable bonds is 4. The lowest BCUT2D eigenvalue weighted by molar-refractivity contribution is -0.386. The van der Waals surface area contributed by atoms with Gasteiger partial charge < -0.3 is 5.73 Å². The van der Waals surface area contributed by atoms with Crippen molar-refractivity contribution in [3.63, 3.8) is 0 Å². The van der Waals surface area contributed by atoms with E-state index in [1.165, 1.54) is 16.3 Å². The van der Waals surface area contributed by atoms with Crippen LogP contribution in [0.3, 0.4) is 0 Å². The lowest BCUT2D eigenvalue weighted by Gasteiger charge is -2.14. The van der Waals surface area contributed by atoms with Gasteiger partial charge in [-0.3, -0.25) is 4.98 Å². The fourth-order valence-corrected chi connectivity index (χ4v) is 4.55. The van der Waals surface area contributed by atoms with Gasteiger partial charge in [-0.1, -0.05) is 91.0 Å². The van der Waals surface area contributed by atoms with Gasteiger partial charge in [0.15, 0.2) is 0 Å². The molecular formula is C31H24N3+. The Balaban J connectivity index is 1.60. The second-order valence-corrected chi connectivity index (χ2v) is 8.49. The van der Waals surface area contributed by atoms with Gasteiger partial charge in [0.05, 0.1) is 23.4 Å². The van der Waals surface area contributed by atoms with Crippen molar-refractivity contribution in [3.8, 4) is 33.6 Å². The van der Waals surface area contributed by atoms with Gasteiger partial charge in [0.1, 0.15) is 0 Å². The maximum atomic E-state index is 5.17. The van der Waals surface area contributed by atoms with Crippen molar-refractivity contribution in [1.29, 1.82) is 0 Å². The first-order chi connectivity index (χ1) is 16.8. The molecule has 0 aliphatic carbocycles. The van der Waals surface area contributed by atoms with Gasteiger partial charge in [-0.25, -0.2) is 4.98 Å². The molecule has 0 atom stereocenters. The minimum Gasteiger partial charge on any atom is -0.354 e. The van der Waals surface area contributed by atoms with Crippen LogP contribution in [0.1, 0.15) is 5.56 Å². The fraction of sp³-hybridized carbons (Fsp3) is 0.0323. The van der Waals surface area contributed by atoms with Gasteiger partial charge in [-0.05, 0) is 34.5 Å². The number of hydrogen-bond acceptors (Lipinski definition) is 2. The molecule has 0 saturated carbocycles. The van der Waals surface area contributed by atoms with E-state index in [1.807, 2.05) is 18.3 Å². The summed E-state index contributed by atoms with van der Waals surface area (Å²) in [6.07, 6.45) is 1.86. The number of fused-ring (bicyclic) bond motifs is 2. The molecule has 0 spiro atoms. The maximum absolute atomic E-state index is 5.17. The highest BCUT2D eigenvalue weighted by Crippen LogP contribution is 2.36. The van der Waals surface area contributed by atoms with Crippen LogP contribution in [0.5, 0.6) is 0 Å². The van der Waals surface area contributed by atoms with Gasteiger partial charge in [-0.2, -0.15) is 0 Å². The van der Waals surface area contributed by atoms with E-state index < -0.39 is 0 Å². The Morgan fingerprint density at radius 2 is 1.32 bits per heavy atom. The summed E-state index contributed by atoms with van der Waals surface area (Å²) in [6.45, 7) is 0.776. The Hall–Kier alpha value is -4.34. The van der Waals surface area contributed by atoms with Crippen LogP contribution >= 0.6 is 0 Å². The zero-order chi connectivity index (χ0) is 22.9. The summed E-state index contributed by atoms with van der Waals surface area (Å²) in [6, 6.07) is 38.2. The van der Waals surface area contributed by atoms with Crippen LogP contribution < -0.4 is 5.73 Å². The van der Waals surface area contributed by atoms with Gasteiger partial charge in [0, 0.05) is 33.8 Å². The molecule has 6 rings (SSSR count). The number of hydrogen-bond donors (Lipinski definition) is 1. The summed E-state index contributed by atoms with van der Waals surface area (Å²) in [5.41, 5.74) is 12.5. The van der Waals surface area contributed by atoms with Crippen LogP contribution in [-0.2, 0) is 6.54 Å². The lowest BCUT2D eigenvalue weighted by Crippen LogP contribution is -2.47. The quantitative estimate of drug-likeness (QED) is 0.340. The van der Waals surface area contributed by atoms with Crippen molar-refractivity contribution in [2.75, 3.05) is 0 Å². The van der Waals surface area contributed by atoms with Crippen molar-refractivity contribution in [3.05, 3.63) is 121 Å². The van der Waals surface area contributed by atoms with Crippen LogP contribution in [0.15, 0.2) is 115 Å². The van der Waals surface area contributed by atoms with Crippen LogP contribution in [0.25, 0.3) is 55.3 Å². The predicted octanol–water partition coefficient (Wildman–Crippen LogP) is 6.53. The summed E-state index contributed by atoms with van der Waals surface area (Å²) in [5.74, 6) is 0. The first kappa shape index (κ1) is 20.3. The van der Waals surface area contributed by atoms with Gasteiger partial charge in [-0.15, -0.1) is 0 Å². The molecule has 0 aliphatic rings. The standard InChI is InChI=1S/C31H23N3/c32-20-21-10-12-24(13-11-21)31-27(23-7-2-1-3-8-23)19-28-29(34-31)16-17-33-30(28)26-15-14-22-6-4-5-9-25(22)18-26/h1-19H,20,32H2/p+1. The summed E-state index contributed by atoms with van der Waals surface area (Å²) in [4.78, 5) is 9.97. The molecule has 0 bridgehead atoms. The van der Waals surface area contributed by atoms with Crippen LogP contribution in [-0.4, -0.2) is 9.97 Å². The summed E-state index contributed by atoms with van der Waals surface area (Å²) in [7, 11) is 0. The summed E-state index contributed by atoms with van der Waals surface area (Å²) >= 11 is 0. The molecule has 0 saturated heterocycles. The third-order valence-electron chi connectivity index (χ3n) is 6.37. The van der Waals surface area contributed by atoms with Crippen molar-refractivity contribution < 1.29 is 5.73 Å². The van der Waals surface area contributed by atoms with Crippen LogP contribution in [0.4, 0.5) is 0 Å². The molecule has 162 valence electrons. The molecule has 0 amide bonds. The topological polar surface area (TPSA) is 53.4 Å². The second kappa shape index (κ2) is 8.54.